The van der Waals surface area contributed by atoms with Crippen molar-refractivity contribution in [2.24, 2.45) is 5.41 Å². The summed E-state index contributed by atoms with van der Waals surface area (Å²) in [6.07, 6.45) is 0. The molecule has 3 atom stereocenters. The Morgan fingerprint density at radius 3 is 2.39 bits per heavy atom. The summed E-state index contributed by atoms with van der Waals surface area (Å²) in [5, 5.41) is 12.7. The van der Waals surface area contributed by atoms with Gasteiger partial charge >= 0.3 is 5.97 Å². The van der Waals surface area contributed by atoms with Crippen LogP contribution in [0.4, 0.5) is 0 Å². The second-order valence-corrected chi connectivity index (χ2v) is 6.95. The molecule has 0 radical (unpaired) electrons. The predicted octanol–water partition coefficient (Wildman–Crippen LogP) is 2.89. The van der Waals surface area contributed by atoms with E-state index in [-0.39, 0.29) is 16.0 Å². The molecule has 0 amide bonds. The van der Waals surface area contributed by atoms with E-state index in [0.717, 1.165) is 5.56 Å². The van der Waals surface area contributed by atoms with Crippen LogP contribution >= 0.6 is 11.8 Å². The van der Waals surface area contributed by atoms with E-state index in [1.165, 1.54) is 0 Å². The average Bonchev–Trinajstić information content (AvgIpc) is 2.74. The van der Waals surface area contributed by atoms with Crippen LogP contribution < -0.4 is 5.32 Å². The molecule has 1 aliphatic rings. The highest BCUT2D eigenvalue weighted by molar-refractivity contribution is 8.00. The molecule has 4 heteroatoms. The maximum Gasteiger partial charge on any atom is 0.322 e. The molecule has 0 spiro atoms. The largest absolute Gasteiger partial charge is 0.480 e. The molecule has 1 aromatic carbocycles. The molecule has 3 nitrogen and oxygen atoms in total. The first kappa shape index (κ1) is 13.4. The van der Waals surface area contributed by atoms with Crippen molar-refractivity contribution in [3.63, 3.8) is 0 Å². The normalized spacial score (nSPS) is 28.3. The van der Waals surface area contributed by atoms with Gasteiger partial charge in [-0.05, 0) is 11.0 Å². The molecule has 1 heterocycles. The van der Waals surface area contributed by atoms with Gasteiger partial charge in [-0.25, -0.2) is 0 Å². The van der Waals surface area contributed by atoms with Crippen molar-refractivity contribution in [1.82, 2.24) is 5.32 Å². The van der Waals surface area contributed by atoms with Gasteiger partial charge in [-0.3, -0.25) is 10.1 Å². The van der Waals surface area contributed by atoms with Gasteiger partial charge in [-0.1, -0.05) is 51.1 Å². The Balaban J connectivity index is 2.26. The number of thioether (sulfide) groups is 1. The Morgan fingerprint density at radius 2 is 1.89 bits per heavy atom. The van der Waals surface area contributed by atoms with Crippen molar-refractivity contribution in [2.75, 3.05) is 0 Å². The number of carboxylic acids is 1. The van der Waals surface area contributed by atoms with E-state index in [2.05, 4.69) is 26.1 Å². The fourth-order valence-corrected chi connectivity index (χ4v) is 3.68. The lowest BCUT2D eigenvalue weighted by molar-refractivity contribution is -0.139. The highest BCUT2D eigenvalue weighted by atomic mass is 32.2. The number of rotatable bonds is 2. The van der Waals surface area contributed by atoms with Crippen LogP contribution in [0.5, 0.6) is 0 Å². The van der Waals surface area contributed by atoms with Crippen molar-refractivity contribution in [3.8, 4) is 0 Å². The molecule has 1 fully saturated rings. The Kier molecular flexibility index (Phi) is 3.69. The van der Waals surface area contributed by atoms with E-state index in [1.807, 2.05) is 30.3 Å². The lowest BCUT2D eigenvalue weighted by Gasteiger charge is -2.26. The van der Waals surface area contributed by atoms with Crippen molar-refractivity contribution in [3.05, 3.63) is 35.9 Å². The monoisotopic (exact) mass is 265 g/mol. The van der Waals surface area contributed by atoms with Crippen LogP contribution in [0.2, 0.25) is 0 Å². The van der Waals surface area contributed by atoms with Crippen molar-refractivity contribution in [2.45, 2.75) is 37.4 Å². The van der Waals surface area contributed by atoms with Gasteiger partial charge in [0, 0.05) is 0 Å². The minimum atomic E-state index is -0.775. The summed E-state index contributed by atoms with van der Waals surface area (Å²) in [4.78, 5) is 11.4. The summed E-state index contributed by atoms with van der Waals surface area (Å²) in [5.74, 6) is -0.775. The van der Waals surface area contributed by atoms with Gasteiger partial charge in [0.25, 0.3) is 0 Å². The van der Waals surface area contributed by atoms with Gasteiger partial charge in [0.1, 0.15) is 6.04 Å². The van der Waals surface area contributed by atoms with E-state index in [0.29, 0.717) is 0 Å². The quantitative estimate of drug-likeness (QED) is 0.863. The minimum Gasteiger partial charge on any atom is -0.480 e. The highest BCUT2D eigenvalue weighted by Gasteiger charge is 2.43. The standard InChI is InChI=1S/C14H19NO2S/c1-14(2,3)13-15-10(12(16)17)11(18-13)9-7-5-4-6-8-9/h4-8,10-11,13,15H,1-3H3,(H,16,17)/t10-,11+,13?/m0/s1. The Labute approximate surface area is 112 Å². The molecular formula is C14H19NO2S. The second-order valence-electron chi connectivity index (χ2n) is 5.70. The zero-order valence-electron chi connectivity index (χ0n) is 10.9. The number of carboxylic acid groups (broad SMARTS) is 1. The molecule has 0 aromatic heterocycles. The summed E-state index contributed by atoms with van der Waals surface area (Å²) >= 11 is 1.72. The van der Waals surface area contributed by atoms with Gasteiger partial charge in [0.05, 0.1) is 10.6 Å². The molecule has 1 saturated heterocycles. The van der Waals surface area contributed by atoms with Crippen LogP contribution in [0.1, 0.15) is 31.6 Å². The van der Waals surface area contributed by atoms with Crippen LogP contribution in [-0.4, -0.2) is 22.5 Å². The molecule has 0 bridgehead atoms. The van der Waals surface area contributed by atoms with Crippen molar-refractivity contribution in [1.29, 1.82) is 0 Å². The fourth-order valence-electron chi connectivity index (χ4n) is 2.08. The number of aliphatic carboxylic acids is 1. The Bertz CT molecular complexity index is 427. The van der Waals surface area contributed by atoms with Gasteiger partial charge < -0.3 is 5.11 Å². The smallest absolute Gasteiger partial charge is 0.322 e. The van der Waals surface area contributed by atoms with Crippen LogP contribution in [0.15, 0.2) is 30.3 Å². The van der Waals surface area contributed by atoms with Crippen LogP contribution in [0, 0.1) is 5.41 Å². The number of carbonyl (C=O) groups is 1. The third-order valence-corrected chi connectivity index (χ3v) is 5.05. The SMILES string of the molecule is CC(C)(C)C1N[C@H](C(=O)O)[C@@H](c2ccccc2)S1. The molecule has 98 valence electrons. The average molecular weight is 265 g/mol. The minimum absolute atomic E-state index is 0.0204. The first-order chi connectivity index (χ1) is 8.39. The van der Waals surface area contributed by atoms with Crippen LogP contribution in [0.3, 0.4) is 0 Å². The van der Waals surface area contributed by atoms with E-state index in [1.54, 1.807) is 11.8 Å². The lowest BCUT2D eigenvalue weighted by atomic mass is 9.95. The highest BCUT2D eigenvalue weighted by Crippen LogP contribution is 2.46. The summed E-state index contributed by atoms with van der Waals surface area (Å²) in [6, 6.07) is 9.36. The first-order valence-corrected chi connectivity index (χ1v) is 7.03. The van der Waals surface area contributed by atoms with Gasteiger partial charge in [-0.2, -0.15) is 0 Å². The molecular weight excluding hydrogens is 246 g/mol. The van der Waals surface area contributed by atoms with Crippen molar-refractivity contribution >= 4 is 17.7 Å². The number of hydrogen-bond acceptors (Lipinski definition) is 3. The van der Waals surface area contributed by atoms with Crippen LogP contribution in [-0.2, 0) is 4.79 Å². The zero-order chi connectivity index (χ0) is 13.3. The van der Waals surface area contributed by atoms with Crippen molar-refractivity contribution < 1.29 is 9.90 Å². The summed E-state index contributed by atoms with van der Waals surface area (Å²) in [6.45, 7) is 6.39. The van der Waals surface area contributed by atoms with E-state index in [4.69, 9.17) is 0 Å². The second kappa shape index (κ2) is 4.94. The lowest BCUT2D eigenvalue weighted by Crippen LogP contribution is -2.42. The van der Waals surface area contributed by atoms with E-state index < -0.39 is 12.0 Å². The number of hydrogen-bond donors (Lipinski definition) is 2. The summed E-state index contributed by atoms with van der Waals surface area (Å²) in [5.41, 5.74) is 1.12. The predicted molar refractivity (Wildman–Crippen MR) is 74.6 cm³/mol. The molecule has 2 N–H and O–H groups in total. The zero-order valence-corrected chi connectivity index (χ0v) is 11.7. The third kappa shape index (κ3) is 2.70. The van der Waals surface area contributed by atoms with E-state index >= 15 is 0 Å². The summed E-state index contributed by atoms with van der Waals surface area (Å²) in [7, 11) is 0. The topological polar surface area (TPSA) is 49.3 Å². The summed E-state index contributed by atoms with van der Waals surface area (Å²) < 4.78 is 0. The molecule has 18 heavy (non-hydrogen) atoms. The molecule has 2 rings (SSSR count). The van der Waals surface area contributed by atoms with Gasteiger partial charge in [0.2, 0.25) is 0 Å². The molecule has 0 saturated carbocycles. The molecule has 1 unspecified atom stereocenters. The third-order valence-electron chi connectivity index (χ3n) is 3.10. The maximum atomic E-state index is 11.4. The van der Waals surface area contributed by atoms with Gasteiger partial charge in [-0.15, -0.1) is 11.8 Å². The Hall–Kier alpha value is -1.00. The number of benzene rings is 1. The first-order valence-electron chi connectivity index (χ1n) is 6.09. The maximum absolute atomic E-state index is 11.4. The fraction of sp³-hybridized carbons (Fsp3) is 0.500. The van der Waals surface area contributed by atoms with Gasteiger partial charge in [0.15, 0.2) is 0 Å². The molecule has 1 aliphatic heterocycles. The Morgan fingerprint density at radius 1 is 1.28 bits per heavy atom. The number of nitrogens with one attached hydrogen (secondary N) is 1. The van der Waals surface area contributed by atoms with Crippen LogP contribution in [0.25, 0.3) is 0 Å². The molecule has 1 aromatic rings. The molecule has 0 aliphatic carbocycles. The van der Waals surface area contributed by atoms with E-state index in [9.17, 15) is 9.90 Å².